The number of hydrogen-bond acceptors (Lipinski definition) is 2. The zero-order valence-corrected chi connectivity index (χ0v) is 10.8. The second-order valence-corrected chi connectivity index (χ2v) is 5.16. The molecule has 0 aliphatic rings. The van der Waals surface area contributed by atoms with Crippen LogP contribution in [0.25, 0.3) is 0 Å². The molecule has 1 unspecified atom stereocenters. The Morgan fingerprint density at radius 2 is 1.33 bits per heavy atom. The van der Waals surface area contributed by atoms with E-state index in [9.17, 15) is 0 Å². The van der Waals surface area contributed by atoms with Gasteiger partial charge in [0.05, 0.1) is 5.38 Å². The van der Waals surface area contributed by atoms with E-state index in [4.69, 9.17) is 11.6 Å². The molecule has 0 spiro atoms. The van der Waals surface area contributed by atoms with Crippen molar-refractivity contribution in [1.29, 1.82) is 0 Å². The lowest BCUT2D eigenvalue weighted by Gasteiger charge is -2.13. The second-order valence-electron chi connectivity index (χ2n) is 4.50. The van der Waals surface area contributed by atoms with Crippen LogP contribution in [0.5, 0.6) is 0 Å². The number of nitrogens with zero attached hydrogens (tertiary/aromatic N) is 2. The number of alkyl halides is 1. The van der Waals surface area contributed by atoms with Crippen molar-refractivity contribution in [3.63, 3.8) is 0 Å². The molecule has 0 aliphatic heterocycles. The molecule has 1 heterocycles. The third-order valence-corrected chi connectivity index (χ3v) is 2.52. The average Bonchev–Trinajstić information content (AvgIpc) is 2.16. The van der Waals surface area contributed by atoms with Crippen LogP contribution in [-0.2, 0) is 0 Å². The maximum Gasteiger partial charge on any atom is 0.146 e. The molecule has 0 bridgehead atoms. The van der Waals surface area contributed by atoms with E-state index in [-0.39, 0.29) is 5.38 Å². The van der Waals surface area contributed by atoms with E-state index in [0.29, 0.717) is 11.8 Å². The molecule has 0 N–H and O–H groups in total. The fourth-order valence-electron chi connectivity index (χ4n) is 1.28. The summed E-state index contributed by atoms with van der Waals surface area (Å²) in [7, 11) is 0. The van der Waals surface area contributed by atoms with E-state index >= 15 is 0 Å². The Balaban J connectivity index is 3.20. The van der Waals surface area contributed by atoms with Crippen LogP contribution in [-0.4, -0.2) is 9.97 Å². The molecule has 1 aromatic rings. The van der Waals surface area contributed by atoms with Gasteiger partial charge in [-0.1, -0.05) is 27.7 Å². The van der Waals surface area contributed by atoms with Crippen molar-refractivity contribution >= 4 is 11.6 Å². The largest absolute Gasteiger partial charge is 0.236 e. The molecule has 0 amide bonds. The Hall–Kier alpha value is -0.630. The first-order valence-corrected chi connectivity index (χ1v) is 5.88. The molecule has 0 aromatic carbocycles. The lowest BCUT2D eigenvalue weighted by Crippen LogP contribution is -2.06. The van der Waals surface area contributed by atoms with Crippen LogP contribution in [0.3, 0.4) is 0 Å². The first-order chi connectivity index (χ1) is 6.91. The van der Waals surface area contributed by atoms with Gasteiger partial charge in [0.15, 0.2) is 0 Å². The van der Waals surface area contributed by atoms with Gasteiger partial charge in [0.25, 0.3) is 0 Å². The second kappa shape index (κ2) is 4.93. The summed E-state index contributed by atoms with van der Waals surface area (Å²) in [5, 5.41) is -0.124. The molecule has 0 saturated heterocycles. The highest BCUT2D eigenvalue weighted by atomic mass is 35.5. The Morgan fingerprint density at radius 3 is 1.60 bits per heavy atom. The lowest BCUT2D eigenvalue weighted by atomic mass is 10.0. The monoisotopic (exact) mass is 226 g/mol. The summed E-state index contributed by atoms with van der Waals surface area (Å²) in [5.41, 5.74) is 2.16. The Bertz CT molecular complexity index is 268. The van der Waals surface area contributed by atoms with Gasteiger partial charge in [-0.15, -0.1) is 11.6 Å². The molecule has 2 nitrogen and oxygen atoms in total. The highest BCUT2D eigenvalue weighted by Gasteiger charge is 2.12. The fourth-order valence-corrected chi connectivity index (χ4v) is 1.37. The van der Waals surface area contributed by atoms with Gasteiger partial charge < -0.3 is 0 Å². The van der Waals surface area contributed by atoms with Gasteiger partial charge in [-0.2, -0.15) is 0 Å². The molecule has 1 atom stereocenters. The van der Waals surface area contributed by atoms with Crippen molar-refractivity contribution < 1.29 is 0 Å². The van der Waals surface area contributed by atoms with Crippen LogP contribution in [0, 0.1) is 0 Å². The first kappa shape index (κ1) is 12.4. The minimum Gasteiger partial charge on any atom is -0.236 e. The van der Waals surface area contributed by atoms with Gasteiger partial charge in [0, 0.05) is 11.4 Å². The van der Waals surface area contributed by atoms with Gasteiger partial charge in [-0.25, -0.2) is 9.97 Å². The van der Waals surface area contributed by atoms with Crippen LogP contribution in [0.4, 0.5) is 0 Å². The summed E-state index contributed by atoms with van der Waals surface area (Å²) >= 11 is 6.03. The molecule has 84 valence electrons. The Morgan fingerprint density at radius 1 is 0.933 bits per heavy atom. The van der Waals surface area contributed by atoms with Crippen molar-refractivity contribution in [2.24, 2.45) is 0 Å². The fraction of sp³-hybridized carbons (Fsp3) is 0.667. The molecule has 3 heteroatoms. The van der Waals surface area contributed by atoms with E-state index in [1.165, 1.54) is 0 Å². The minimum atomic E-state index is -0.124. The summed E-state index contributed by atoms with van der Waals surface area (Å²) in [6, 6.07) is 2.08. The van der Waals surface area contributed by atoms with Gasteiger partial charge in [-0.3, -0.25) is 0 Å². The SMILES string of the molecule is CC(C)c1cc(C(C)C)nc(C(C)Cl)n1. The summed E-state index contributed by atoms with van der Waals surface area (Å²) in [4.78, 5) is 8.94. The third-order valence-electron chi connectivity index (χ3n) is 2.32. The number of hydrogen-bond donors (Lipinski definition) is 0. The van der Waals surface area contributed by atoms with E-state index in [1.807, 2.05) is 6.92 Å². The summed E-state index contributed by atoms with van der Waals surface area (Å²) in [6.07, 6.45) is 0. The topological polar surface area (TPSA) is 25.8 Å². The standard InChI is InChI=1S/C12H19ClN2/c1-7(2)10-6-11(8(3)4)15-12(14-10)9(5)13/h6-9H,1-5H3. The predicted molar refractivity (Wildman–Crippen MR) is 64.5 cm³/mol. The maximum atomic E-state index is 6.03. The predicted octanol–water partition coefficient (Wildman–Crippen LogP) is 4.02. The molecule has 1 rings (SSSR count). The van der Waals surface area contributed by atoms with Gasteiger partial charge in [0.2, 0.25) is 0 Å². The number of halogens is 1. The summed E-state index contributed by atoms with van der Waals surface area (Å²) in [5.74, 6) is 1.57. The minimum absolute atomic E-state index is 0.124. The quantitative estimate of drug-likeness (QED) is 0.728. The number of aromatic nitrogens is 2. The van der Waals surface area contributed by atoms with E-state index < -0.39 is 0 Å². The van der Waals surface area contributed by atoms with Crippen LogP contribution in [0.1, 0.15) is 69.0 Å². The smallest absolute Gasteiger partial charge is 0.146 e. The Labute approximate surface area is 97.1 Å². The van der Waals surface area contributed by atoms with Gasteiger partial charge >= 0.3 is 0 Å². The molecule has 0 aliphatic carbocycles. The maximum absolute atomic E-state index is 6.03. The van der Waals surface area contributed by atoms with E-state index in [1.54, 1.807) is 0 Å². The molecule has 0 fully saturated rings. The van der Waals surface area contributed by atoms with E-state index in [2.05, 4.69) is 43.7 Å². The van der Waals surface area contributed by atoms with Crippen LogP contribution in [0.2, 0.25) is 0 Å². The van der Waals surface area contributed by atoms with Crippen molar-refractivity contribution in [1.82, 2.24) is 9.97 Å². The van der Waals surface area contributed by atoms with Gasteiger partial charge in [0.1, 0.15) is 5.82 Å². The summed E-state index contributed by atoms with van der Waals surface area (Å²) in [6.45, 7) is 10.4. The van der Waals surface area contributed by atoms with Crippen LogP contribution >= 0.6 is 11.6 Å². The molecule has 0 radical (unpaired) electrons. The molecule has 0 saturated carbocycles. The first-order valence-electron chi connectivity index (χ1n) is 5.44. The molecular weight excluding hydrogens is 208 g/mol. The normalized spacial score (nSPS) is 13.6. The zero-order chi connectivity index (χ0) is 11.6. The summed E-state index contributed by atoms with van der Waals surface area (Å²) < 4.78 is 0. The van der Waals surface area contributed by atoms with Crippen molar-refractivity contribution in [3.8, 4) is 0 Å². The highest BCUT2D eigenvalue weighted by molar-refractivity contribution is 6.20. The van der Waals surface area contributed by atoms with Crippen LogP contribution in [0.15, 0.2) is 6.07 Å². The highest BCUT2D eigenvalue weighted by Crippen LogP contribution is 2.22. The Kier molecular flexibility index (Phi) is 4.09. The van der Waals surface area contributed by atoms with E-state index in [0.717, 1.165) is 17.2 Å². The lowest BCUT2D eigenvalue weighted by molar-refractivity contribution is 0.732. The molecule has 1 aromatic heterocycles. The van der Waals surface area contributed by atoms with Crippen molar-refractivity contribution in [2.75, 3.05) is 0 Å². The van der Waals surface area contributed by atoms with Gasteiger partial charge in [-0.05, 0) is 24.8 Å². The number of rotatable bonds is 3. The molecular formula is C12H19ClN2. The van der Waals surface area contributed by atoms with Crippen molar-refractivity contribution in [2.45, 2.75) is 51.8 Å². The van der Waals surface area contributed by atoms with Crippen LogP contribution < -0.4 is 0 Å². The molecule has 15 heavy (non-hydrogen) atoms. The third kappa shape index (κ3) is 3.16. The zero-order valence-electron chi connectivity index (χ0n) is 10.1. The average molecular weight is 227 g/mol. The van der Waals surface area contributed by atoms with Crippen molar-refractivity contribution in [3.05, 3.63) is 23.3 Å².